The molecule has 0 radical (unpaired) electrons. The van der Waals surface area contributed by atoms with Crippen molar-refractivity contribution in [3.63, 3.8) is 0 Å². The first-order valence-corrected chi connectivity index (χ1v) is 7.17. The van der Waals surface area contributed by atoms with E-state index < -0.39 is 0 Å². The average Bonchev–Trinajstić information content (AvgIpc) is 2.37. The summed E-state index contributed by atoms with van der Waals surface area (Å²) in [7, 11) is 1.42. The van der Waals surface area contributed by atoms with Gasteiger partial charge in [0.2, 0.25) is 0 Å². The van der Waals surface area contributed by atoms with Crippen LogP contribution in [0, 0.1) is 5.92 Å². The van der Waals surface area contributed by atoms with Crippen LogP contribution < -0.4 is 5.73 Å². The minimum Gasteiger partial charge on any atom is -0.469 e. The second-order valence-corrected chi connectivity index (χ2v) is 6.60. The molecule has 3 nitrogen and oxygen atoms in total. The van der Waals surface area contributed by atoms with Crippen molar-refractivity contribution in [3.05, 3.63) is 35.4 Å². The first-order valence-electron chi connectivity index (χ1n) is 7.17. The number of hydrogen-bond donors (Lipinski definition) is 1. The van der Waals surface area contributed by atoms with Gasteiger partial charge in [-0.15, -0.1) is 0 Å². The van der Waals surface area contributed by atoms with E-state index in [1.165, 1.54) is 12.7 Å². The zero-order valence-corrected chi connectivity index (χ0v) is 13.3. The van der Waals surface area contributed by atoms with Gasteiger partial charge in [-0.3, -0.25) is 4.79 Å². The van der Waals surface area contributed by atoms with E-state index in [9.17, 15) is 4.79 Å². The van der Waals surface area contributed by atoms with Crippen molar-refractivity contribution >= 4 is 5.97 Å². The summed E-state index contributed by atoms with van der Waals surface area (Å²) in [5.74, 6) is 0.0486. The quantitative estimate of drug-likeness (QED) is 0.837. The van der Waals surface area contributed by atoms with E-state index in [1.807, 2.05) is 6.92 Å². The molecule has 2 unspecified atom stereocenters. The molecule has 20 heavy (non-hydrogen) atoms. The molecule has 112 valence electrons. The second-order valence-electron chi connectivity index (χ2n) is 6.60. The van der Waals surface area contributed by atoms with Gasteiger partial charge in [-0.1, -0.05) is 52.0 Å². The number of nitrogens with two attached hydrogens (primary N) is 1. The number of ether oxygens (including phenoxy) is 1. The Morgan fingerprint density at radius 1 is 1.25 bits per heavy atom. The first kappa shape index (κ1) is 16.7. The molecule has 0 spiro atoms. The van der Waals surface area contributed by atoms with Crippen molar-refractivity contribution in [2.75, 3.05) is 7.11 Å². The number of carbonyl (C=O) groups excluding carboxylic acids is 1. The lowest BCUT2D eigenvalue weighted by Gasteiger charge is -2.21. The fraction of sp³-hybridized carbons (Fsp3) is 0.588. The molecule has 0 amide bonds. The van der Waals surface area contributed by atoms with E-state index in [-0.39, 0.29) is 23.3 Å². The van der Waals surface area contributed by atoms with Gasteiger partial charge in [0.15, 0.2) is 0 Å². The molecule has 0 aliphatic heterocycles. The molecule has 2 atom stereocenters. The Balaban J connectivity index is 2.64. The summed E-state index contributed by atoms with van der Waals surface area (Å²) < 4.78 is 4.68. The Morgan fingerprint density at radius 3 is 2.25 bits per heavy atom. The summed E-state index contributed by atoms with van der Waals surface area (Å²) in [6.07, 6.45) is 1.20. The predicted molar refractivity (Wildman–Crippen MR) is 82.5 cm³/mol. The van der Waals surface area contributed by atoms with E-state index in [1.54, 1.807) is 0 Å². The highest BCUT2D eigenvalue weighted by Gasteiger charge is 2.17. The van der Waals surface area contributed by atoms with Crippen LogP contribution in [0.5, 0.6) is 0 Å². The molecular formula is C17H27NO2. The van der Waals surface area contributed by atoms with Crippen LogP contribution in [-0.4, -0.2) is 13.1 Å². The maximum atomic E-state index is 11.2. The summed E-state index contributed by atoms with van der Waals surface area (Å²) in [6, 6.07) is 8.43. The lowest BCUT2D eigenvalue weighted by molar-refractivity contribution is -0.141. The highest BCUT2D eigenvalue weighted by atomic mass is 16.5. The van der Waals surface area contributed by atoms with Crippen LogP contribution in [0.1, 0.15) is 57.7 Å². The smallest absolute Gasteiger partial charge is 0.305 e. The van der Waals surface area contributed by atoms with Crippen molar-refractivity contribution in [1.29, 1.82) is 0 Å². The molecular weight excluding hydrogens is 250 g/mol. The van der Waals surface area contributed by atoms with Crippen LogP contribution in [0.3, 0.4) is 0 Å². The van der Waals surface area contributed by atoms with Gasteiger partial charge in [0.1, 0.15) is 0 Å². The van der Waals surface area contributed by atoms with Crippen LogP contribution in [-0.2, 0) is 14.9 Å². The average molecular weight is 277 g/mol. The topological polar surface area (TPSA) is 52.3 Å². The van der Waals surface area contributed by atoms with Gasteiger partial charge in [-0.25, -0.2) is 0 Å². The summed E-state index contributed by atoms with van der Waals surface area (Å²) in [5, 5.41) is 0. The van der Waals surface area contributed by atoms with E-state index in [4.69, 9.17) is 5.73 Å². The van der Waals surface area contributed by atoms with Gasteiger partial charge in [-0.05, 0) is 28.9 Å². The molecule has 0 aliphatic carbocycles. The number of methoxy groups -OCH3 is 1. The molecule has 0 heterocycles. The Kier molecular flexibility index (Phi) is 5.75. The lowest BCUT2D eigenvalue weighted by atomic mass is 9.85. The monoisotopic (exact) mass is 277 g/mol. The summed E-state index contributed by atoms with van der Waals surface area (Å²) in [5.41, 5.74) is 8.80. The fourth-order valence-electron chi connectivity index (χ4n) is 2.25. The molecule has 0 fully saturated rings. The Labute approximate surface area is 122 Å². The van der Waals surface area contributed by atoms with Crippen LogP contribution >= 0.6 is 0 Å². The lowest BCUT2D eigenvalue weighted by Crippen LogP contribution is -2.17. The van der Waals surface area contributed by atoms with Crippen LogP contribution in [0.25, 0.3) is 0 Å². The minimum absolute atomic E-state index is 0.0383. The third-order valence-corrected chi connectivity index (χ3v) is 3.60. The highest BCUT2D eigenvalue weighted by Crippen LogP contribution is 2.26. The van der Waals surface area contributed by atoms with Crippen molar-refractivity contribution in [3.8, 4) is 0 Å². The molecule has 0 saturated heterocycles. The van der Waals surface area contributed by atoms with Gasteiger partial charge in [0, 0.05) is 12.5 Å². The van der Waals surface area contributed by atoms with Gasteiger partial charge in [0.25, 0.3) is 0 Å². The summed E-state index contributed by atoms with van der Waals surface area (Å²) in [6.45, 7) is 8.61. The zero-order valence-electron chi connectivity index (χ0n) is 13.3. The predicted octanol–water partition coefficient (Wildman–Crippen LogP) is 3.57. The largest absolute Gasteiger partial charge is 0.469 e. The minimum atomic E-state index is -0.173. The molecule has 0 bridgehead atoms. The Morgan fingerprint density at radius 2 is 1.80 bits per heavy atom. The number of rotatable bonds is 5. The van der Waals surface area contributed by atoms with E-state index in [0.717, 1.165) is 12.0 Å². The Bertz CT molecular complexity index is 431. The maximum absolute atomic E-state index is 11.2. The van der Waals surface area contributed by atoms with Crippen molar-refractivity contribution in [2.45, 2.75) is 52.0 Å². The second kappa shape index (κ2) is 6.89. The molecule has 1 rings (SSSR count). The summed E-state index contributed by atoms with van der Waals surface area (Å²) in [4.78, 5) is 11.2. The molecule has 1 aromatic rings. The number of esters is 1. The van der Waals surface area contributed by atoms with E-state index >= 15 is 0 Å². The van der Waals surface area contributed by atoms with Gasteiger partial charge >= 0.3 is 5.97 Å². The number of benzene rings is 1. The van der Waals surface area contributed by atoms with E-state index in [2.05, 4.69) is 49.8 Å². The van der Waals surface area contributed by atoms with Crippen molar-refractivity contribution in [2.24, 2.45) is 11.7 Å². The maximum Gasteiger partial charge on any atom is 0.305 e. The SMILES string of the molecule is COC(=O)CC(C)CC(N)c1ccc(C(C)(C)C)cc1. The first-order chi connectivity index (χ1) is 9.24. The molecule has 0 aliphatic rings. The Hall–Kier alpha value is -1.35. The molecule has 1 aromatic carbocycles. The fourth-order valence-corrected chi connectivity index (χ4v) is 2.25. The third kappa shape index (κ3) is 4.97. The van der Waals surface area contributed by atoms with Crippen molar-refractivity contribution in [1.82, 2.24) is 0 Å². The number of hydrogen-bond acceptors (Lipinski definition) is 3. The van der Waals surface area contributed by atoms with Crippen molar-refractivity contribution < 1.29 is 9.53 Å². The van der Waals surface area contributed by atoms with Crippen LogP contribution in [0.15, 0.2) is 24.3 Å². The molecule has 2 N–H and O–H groups in total. The van der Waals surface area contributed by atoms with Gasteiger partial charge < -0.3 is 10.5 Å². The normalized spacial score (nSPS) is 14.7. The summed E-state index contributed by atoms with van der Waals surface area (Å²) >= 11 is 0. The number of carbonyl (C=O) groups is 1. The van der Waals surface area contributed by atoms with Gasteiger partial charge in [0.05, 0.1) is 7.11 Å². The zero-order chi connectivity index (χ0) is 15.3. The van der Waals surface area contributed by atoms with Gasteiger partial charge in [-0.2, -0.15) is 0 Å². The molecule has 0 saturated carbocycles. The highest BCUT2D eigenvalue weighted by molar-refractivity contribution is 5.69. The van der Waals surface area contributed by atoms with Crippen LogP contribution in [0.2, 0.25) is 0 Å². The standard InChI is InChI=1S/C17H27NO2/c1-12(11-16(19)20-5)10-15(18)13-6-8-14(9-7-13)17(2,3)4/h6-9,12,15H,10-11,18H2,1-5H3. The third-order valence-electron chi connectivity index (χ3n) is 3.60. The molecule has 3 heteroatoms. The molecule has 0 aromatic heterocycles. The van der Waals surface area contributed by atoms with Crippen LogP contribution in [0.4, 0.5) is 0 Å². The van der Waals surface area contributed by atoms with E-state index in [0.29, 0.717) is 6.42 Å².